The highest BCUT2D eigenvalue weighted by atomic mass is 35.5. The van der Waals surface area contributed by atoms with E-state index in [4.69, 9.17) is 27.6 Å². The number of nitrogens with zero attached hydrogens (tertiary/aromatic N) is 2. The van der Waals surface area contributed by atoms with Gasteiger partial charge in [-0.05, 0) is 36.4 Å². The fourth-order valence-electron chi connectivity index (χ4n) is 2.36. The van der Waals surface area contributed by atoms with Crippen molar-refractivity contribution < 1.29 is 13.7 Å². The molecule has 24 heavy (non-hydrogen) atoms. The van der Waals surface area contributed by atoms with Gasteiger partial charge in [0.2, 0.25) is 5.89 Å². The molecule has 0 radical (unpaired) electrons. The third-order valence-corrected chi connectivity index (χ3v) is 4.16. The summed E-state index contributed by atoms with van der Waals surface area (Å²) in [4.78, 5) is 0.980. The van der Waals surface area contributed by atoms with Crippen molar-refractivity contribution in [3.8, 4) is 11.5 Å². The van der Waals surface area contributed by atoms with Gasteiger partial charge in [0.15, 0.2) is 6.54 Å². The molecule has 2 aromatic carbocycles. The smallest absolute Gasteiger partial charge is 0.271 e. The molecule has 0 bridgehead atoms. The first kappa shape index (κ1) is 16.9. The molecule has 3 aromatic rings. The number of benzene rings is 2. The van der Waals surface area contributed by atoms with Gasteiger partial charge in [-0.15, -0.1) is 10.2 Å². The van der Waals surface area contributed by atoms with Crippen molar-refractivity contribution in [2.24, 2.45) is 0 Å². The summed E-state index contributed by atoms with van der Waals surface area (Å²) in [7, 11) is 1.91. The first-order chi connectivity index (χ1) is 11.5. The van der Waals surface area contributed by atoms with Crippen molar-refractivity contribution in [1.29, 1.82) is 0 Å². The van der Waals surface area contributed by atoms with Gasteiger partial charge in [-0.25, -0.2) is 4.39 Å². The van der Waals surface area contributed by atoms with Gasteiger partial charge in [0.1, 0.15) is 12.4 Å². The minimum Gasteiger partial charge on any atom is -0.415 e. The predicted octanol–water partition coefficient (Wildman–Crippen LogP) is 3.40. The van der Waals surface area contributed by atoms with Gasteiger partial charge >= 0.3 is 0 Å². The zero-order valence-electron chi connectivity index (χ0n) is 12.9. The van der Waals surface area contributed by atoms with Crippen LogP contribution in [0.5, 0.6) is 0 Å². The van der Waals surface area contributed by atoms with Gasteiger partial charge in [0, 0.05) is 10.6 Å². The molecule has 0 saturated heterocycles. The van der Waals surface area contributed by atoms with Crippen LogP contribution in [0, 0.1) is 5.82 Å². The average molecular weight is 367 g/mol. The molecule has 1 N–H and O–H groups in total. The minimum atomic E-state index is -0.311. The summed E-state index contributed by atoms with van der Waals surface area (Å²) in [6.45, 7) is 0.884. The second-order valence-electron chi connectivity index (χ2n) is 5.52. The summed E-state index contributed by atoms with van der Waals surface area (Å²) in [5, 5.41) is 9.14. The van der Waals surface area contributed by atoms with E-state index in [9.17, 15) is 4.39 Å². The fraction of sp³-hybridized carbons (Fsp3) is 0.176. The minimum absolute atomic E-state index is 0.311. The van der Waals surface area contributed by atoms with Crippen LogP contribution in [0.3, 0.4) is 0 Å². The van der Waals surface area contributed by atoms with E-state index in [0.717, 1.165) is 10.5 Å². The summed E-state index contributed by atoms with van der Waals surface area (Å²) in [6.07, 6.45) is 0. The Morgan fingerprint density at radius 3 is 2.50 bits per heavy atom. The second kappa shape index (κ2) is 7.30. The van der Waals surface area contributed by atoms with Gasteiger partial charge in [-0.3, -0.25) is 0 Å². The van der Waals surface area contributed by atoms with E-state index in [1.165, 1.54) is 6.07 Å². The topological polar surface area (TPSA) is 43.4 Å². The van der Waals surface area contributed by atoms with Crippen LogP contribution in [-0.2, 0) is 13.1 Å². The standard InChI is InChI=1S/C17H14Cl2FN3O/c1-23(9-13-14(19)3-2-4-15(13)20)10-16-21-22-17(24-16)11-5-7-12(18)8-6-11/h2-8H,9-10H2,1H3/p+1. The van der Waals surface area contributed by atoms with E-state index in [2.05, 4.69) is 10.2 Å². The lowest BCUT2D eigenvalue weighted by Crippen LogP contribution is -3.06. The largest absolute Gasteiger partial charge is 0.415 e. The molecule has 1 atom stereocenters. The Morgan fingerprint density at radius 2 is 1.79 bits per heavy atom. The maximum Gasteiger partial charge on any atom is 0.271 e. The summed E-state index contributed by atoms with van der Waals surface area (Å²) in [6, 6.07) is 11.8. The zero-order chi connectivity index (χ0) is 17.1. The maximum absolute atomic E-state index is 13.8. The number of nitrogens with one attached hydrogen (secondary N) is 1. The first-order valence-electron chi connectivity index (χ1n) is 7.35. The Hall–Kier alpha value is -1.95. The third kappa shape index (κ3) is 3.93. The predicted molar refractivity (Wildman–Crippen MR) is 90.4 cm³/mol. The highest BCUT2D eigenvalue weighted by Gasteiger charge is 2.16. The fourth-order valence-corrected chi connectivity index (χ4v) is 2.71. The molecule has 0 spiro atoms. The summed E-state index contributed by atoms with van der Waals surface area (Å²) >= 11 is 11.9. The molecule has 0 fully saturated rings. The van der Waals surface area contributed by atoms with Crippen LogP contribution in [-0.4, -0.2) is 17.2 Å². The quantitative estimate of drug-likeness (QED) is 0.752. The molecule has 124 valence electrons. The van der Waals surface area contributed by atoms with Crippen LogP contribution in [0.15, 0.2) is 46.9 Å². The molecule has 4 nitrogen and oxygen atoms in total. The van der Waals surface area contributed by atoms with Crippen LogP contribution in [0.1, 0.15) is 11.5 Å². The molecule has 1 unspecified atom stereocenters. The molecule has 0 saturated carbocycles. The van der Waals surface area contributed by atoms with Crippen LogP contribution in [0.25, 0.3) is 11.5 Å². The van der Waals surface area contributed by atoms with Crippen molar-refractivity contribution >= 4 is 23.2 Å². The normalized spacial score (nSPS) is 12.3. The molecule has 0 amide bonds. The molecular formula is C17H15Cl2FN3O+. The monoisotopic (exact) mass is 366 g/mol. The molecule has 3 rings (SSSR count). The van der Waals surface area contributed by atoms with Gasteiger partial charge in [-0.2, -0.15) is 0 Å². The van der Waals surface area contributed by atoms with Crippen LogP contribution in [0.2, 0.25) is 10.0 Å². The number of halogens is 3. The number of rotatable bonds is 5. The lowest BCUT2D eigenvalue weighted by Gasteiger charge is -2.13. The lowest BCUT2D eigenvalue weighted by molar-refractivity contribution is -0.909. The second-order valence-corrected chi connectivity index (χ2v) is 6.36. The Kier molecular flexibility index (Phi) is 5.14. The van der Waals surface area contributed by atoms with E-state index in [1.807, 2.05) is 19.2 Å². The van der Waals surface area contributed by atoms with Crippen LogP contribution >= 0.6 is 23.2 Å². The highest BCUT2D eigenvalue weighted by Crippen LogP contribution is 2.20. The third-order valence-electron chi connectivity index (χ3n) is 3.55. The Labute approximate surface area is 148 Å². The molecule has 0 aliphatic carbocycles. The molecule has 1 aromatic heterocycles. The highest BCUT2D eigenvalue weighted by molar-refractivity contribution is 6.31. The van der Waals surface area contributed by atoms with E-state index in [-0.39, 0.29) is 5.82 Å². The number of hydrogen-bond acceptors (Lipinski definition) is 3. The average Bonchev–Trinajstić information content (AvgIpc) is 3.00. The van der Waals surface area contributed by atoms with Gasteiger partial charge in [0.05, 0.1) is 17.6 Å². The lowest BCUT2D eigenvalue weighted by atomic mass is 10.2. The summed E-state index contributed by atoms with van der Waals surface area (Å²) in [5.41, 5.74) is 1.28. The number of hydrogen-bond donors (Lipinski definition) is 1. The van der Waals surface area contributed by atoms with Crippen LogP contribution < -0.4 is 4.90 Å². The number of quaternary nitrogens is 1. The molecule has 1 heterocycles. The van der Waals surface area contributed by atoms with Crippen molar-refractivity contribution in [2.75, 3.05) is 7.05 Å². The molecule has 0 aliphatic rings. The van der Waals surface area contributed by atoms with E-state index >= 15 is 0 Å². The SMILES string of the molecule is C[NH+](Cc1nnc(-c2ccc(Cl)cc2)o1)Cc1c(F)cccc1Cl. The molecule has 0 aliphatic heterocycles. The summed E-state index contributed by atoms with van der Waals surface area (Å²) in [5.74, 6) is 0.595. The first-order valence-corrected chi connectivity index (χ1v) is 8.11. The van der Waals surface area contributed by atoms with Gasteiger partial charge in [0.25, 0.3) is 5.89 Å². The Bertz CT molecular complexity index is 816. The van der Waals surface area contributed by atoms with Gasteiger partial charge < -0.3 is 9.32 Å². The van der Waals surface area contributed by atoms with E-state index < -0.39 is 0 Å². The summed E-state index contributed by atoms with van der Waals surface area (Å²) < 4.78 is 19.5. The van der Waals surface area contributed by atoms with Crippen molar-refractivity contribution in [2.45, 2.75) is 13.1 Å². The van der Waals surface area contributed by atoms with Gasteiger partial charge in [-0.1, -0.05) is 29.3 Å². The van der Waals surface area contributed by atoms with Crippen molar-refractivity contribution in [3.63, 3.8) is 0 Å². The van der Waals surface area contributed by atoms with E-state index in [1.54, 1.807) is 24.3 Å². The Balaban J connectivity index is 1.69. The maximum atomic E-state index is 13.8. The molecular weight excluding hydrogens is 352 g/mol. The molecule has 7 heteroatoms. The van der Waals surface area contributed by atoms with Crippen LogP contribution in [0.4, 0.5) is 4.39 Å². The number of aromatic nitrogens is 2. The van der Waals surface area contributed by atoms with E-state index in [0.29, 0.717) is 40.5 Å². The van der Waals surface area contributed by atoms with Crippen molar-refractivity contribution in [3.05, 3.63) is 69.8 Å². The zero-order valence-corrected chi connectivity index (χ0v) is 14.4. The van der Waals surface area contributed by atoms with Crippen molar-refractivity contribution in [1.82, 2.24) is 10.2 Å². The Morgan fingerprint density at radius 1 is 1.04 bits per heavy atom.